The van der Waals surface area contributed by atoms with Crippen LogP contribution >= 0.6 is 0 Å². The summed E-state index contributed by atoms with van der Waals surface area (Å²) in [4.78, 5) is 2.46. The molecule has 0 saturated carbocycles. The molecule has 0 amide bonds. The van der Waals surface area contributed by atoms with Gasteiger partial charge >= 0.3 is 109 Å². The van der Waals surface area contributed by atoms with Crippen LogP contribution in [-0.2, 0) is 25.6 Å². The predicted octanol–water partition coefficient (Wildman–Crippen LogP) is 3.63. The summed E-state index contributed by atoms with van der Waals surface area (Å²) in [5.74, 6) is 0. The Hall–Kier alpha value is -0.578. The zero-order valence-electron chi connectivity index (χ0n) is 10.1. The first kappa shape index (κ1) is 11.9. The van der Waals surface area contributed by atoms with Gasteiger partial charge < -0.3 is 0 Å². The van der Waals surface area contributed by atoms with E-state index in [-0.39, 0.29) is 4.01 Å². The average Bonchev–Trinajstić information content (AvgIpc) is 2.22. The van der Waals surface area contributed by atoms with Gasteiger partial charge in [-0.25, -0.2) is 0 Å². The normalized spacial score (nSPS) is 23.9. The van der Waals surface area contributed by atoms with Crippen LogP contribution in [0.3, 0.4) is 0 Å². The van der Waals surface area contributed by atoms with Crippen molar-refractivity contribution >= 4 is 5.69 Å². The summed E-state index contributed by atoms with van der Waals surface area (Å²) in [5, 5.41) is 0. The van der Waals surface area contributed by atoms with Gasteiger partial charge in [0.25, 0.3) is 0 Å². The maximum absolute atomic E-state index is 2.46. The van der Waals surface area contributed by atoms with Crippen molar-refractivity contribution in [3.05, 3.63) is 41.6 Å². The quantitative estimate of drug-likeness (QED) is 0.713. The molecule has 0 spiro atoms. The predicted molar refractivity (Wildman–Crippen MR) is 65.1 cm³/mol. The van der Waals surface area contributed by atoms with E-state index in [4.69, 9.17) is 0 Å². The van der Waals surface area contributed by atoms with Crippen molar-refractivity contribution in [2.24, 2.45) is 0 Å². The van der Waals surface area contributed by atoms with E-state index in [2.05, 4.69) is 56.1 Å². The second kappa shape index (κ2) is 4.36. The number of benzene rings is 1. The summed E-state index contributed by atoms with van der Waals surface area (Å²) in [6.45, 7) is 6.68. The van der Waals surface area contributed by atoms with Crippen molar-refractivity contribution in [3.8, 4) is 0 Å². The molecular weight excluding hydrogens is 368 g/mol. The molecule has 1 aliphatic heterocycles. The Labute approximate surface area is 109 Å². The summed E-state index contributed by atoms with van der Waals surface area (Å²) in [7, 11) is 0. The second-order valence-electron chi connectivity index (χ2n) is 4.85. The topological polar surface area (TPSA) is 3.24 Å². The van der Waals surface area contributed by atoms with Gasteiger partial charge in [-0.3, -0.25) is 0 Å². The van der Waals surface area contributed by atoms with Crippen molar-refractivity contribution < 1.29 is 19.2 Å². The zero-order valence-corrected chi connectivity index (χ0v) is 12.8. The van der Waals surface area contributed by atoms with Crippen molar-refractivity contribution in [2.75, 3.05) is 4.90 Å². The molecule has 0 bridgehead atoms. The fourth-order valence-electron chi connectivity index (χ4n) is 2.15. The zero-order chi connectivity index (χ0) is 11.8. The van der Waals surface area contributed by atoms with Gasteiger partial charge in [-0.15, -0.1) is 0 Å². The van der Waals surface area contributed by atoms with Gasteiger partial charge in [-0.1, -0.05) is 0 Å². The number of allylic oxidation sites excluding steroid dienone is 1. The number of hydrogen-bond donors (Lipinski definition) is 0. The molecule has 0 saturated heterocycles. The van der Waals surface area contributed by atoms with Crippen molar-refractivity contribution in [1.82, 2.24) is 0 Å². The number of rotatable bonds is 1. The minimum atomic E-state index is 0.283. The first-order chi connectivity index (χ1) is 7.50. The van der Waals surface area contributed by atoms with Gasteiger partial charge in [0.1, 0.15) is 0 Å². The van der Waals surface area contributed by atoms with E-state index < -0.39 is 0 Å². The van der Waals surface area contributed by atoms with Crippen molar-refractivity contribution in [1.29, 1.82) is 0 Å². The van der Waals surface area contributed by atoms with E-state index in [0.29, 0.717) is 0 Å². The molecule has 0 fully saturated rings. The van der Waals surface area contributed by atoms with E-state index in [1.165, 1.54) is 29.7 Å². The fourth-order valence-corrected chi connectivity index (χ4v) is 3.00. The number of aryl methyl sites for hydroxylation is 1. The SMILES string of the molecule is CC(C)=CN1c2ccccc2CC[C]1(C)[Re]. The monoisotopic (exact) mass is 387 g/mol. The molecule has 1 aliphatic rings. The number of nitrogens with zero attached hydrogens (tertiary/aromatic N) is 1. The third kappa shape index (κ3) is 2.24. The second-order valence-corrected chi connectivity index (χ2v) is 7.77. The van der Waals surface area contributed by atoms with Crippen LogP contribution < -0.4 is 4.90 Å². The Morgan fingerprint density at radius 3 is 2.75 bits per heavy atom. The fraction of sp³-hybridized carbons (Fsp3) is 0.429. The van der Waals surface area contributed by atoms with E-state index >= 15 is 0 Å². The molecule has 86 valence electrons. The molecule has 2 heteroatoms. The molecular formula is C14H18NRe. The first-order valence-electron chi connectivity index (χ1n) is 5.72. The van der Waals surface area contributed by atoms with E-state index in [1.807, 2.05) is 19.2 Å². The summed E-state index contributed by atoms with van der Waals surface area (Å²) >= 11 is 1.87. The average molecular weight is 387 g/mol. The number of para-hydroxylation sites is 1. The van der Waals surface area contributed by atoms with E-state index in [0.717, 1.165) is 0 Å². The maximum atomic E-state index is 2.46. The molecule has 1 heterocycles. The molecule has 16 heavy (non-hydrogen) atoms. The third-order valence-electron chi connectivity index (χ3n) is 2.99. The number of anilines is 1. The first-order valence-corrected chi connectivity index (χ1v) is 7.08. The van der Waals surface area contributed by atoms with Crippen molar-refractivity contribution in [2.45, 2.75) is 37.6 Å². The van der Waals surface area contributed by atoms with E-state index in [9.17, 15) is 0 Å². The van der Waals surface area contributed by atoms with Crippen LogP contribution in [0.2, 0.25) is 0 Å². The third-order valence-corrected chi connectivity index (χ3v) is 4.32. The molecule has 1 aromatic carbocycles. The van der Waals surface area contributed by atoms with Crippen LogP contribution in [0.1, 0.15) is 32.8 Å². The Morgan fingerprint density at radius 1 is 1.38 bits per heavy atom. The van der Waals surface area contributed by atoms with Crippen LogP contribution in [0.4, 0.5) is 5.69 Å². The Bertz CT molecular complexity index is 416. The Kier molecular flexibility index (Phi) is 3.24. The van der Waals surface area contributed by atoms with E-state index in [1.54, 1.807) is 0 Å². The van der Waals surface area contributed by atoms with Crippen LogP contribution in [0.25, 0.3) is 0 Å². The summed E-state index contributed by atoms with van der Waals surface area (Å²) in [6, 6.07) is 8.77. The molecule has 0 N–H and O–H groups in total. The minimum absolute atomic E-state index is 0.283. The van der Waals surface area contributed by atoms with Crippen molar-refractivity contribution in [3.63, 3.8) is 0 Å². The standard InChI is InChI=1S/C14H18N.Re/c1-11(2)10-15-12(3)8-9-13-6-4-5-7-14(13)15;/h4-7,10H,8-9H2,1-3H3;. The Balaban J connectivity index is 2.49. The van der Waals surface area contributed by atoms with Gasteiger partial charge in [0.15, 0.2) is 0 Å². The number of fused-ring (bicyclic) bond motifs is 1. The van der Waals surface area contributed by atoms with Gasteiger partial charge in [0.2, 0.25) is 0 Å². The molecule has 1 aromatic rings. The van der Waals surface area contributed by atoms with Gasteiger partial charge in [-0.2, -0.15) is 0 Å². The summed E-state index contributed by atoms with van der Waals surface area (Å²) in [6.07, 6.45) is 4.74. The number of hydrogen-bond acceptors (Lipinski definition) is 1. The molecule has 1 atom stereocenters. The molecule has 1 unspecified atom stereocenters. The van der Waals surface area contributed by atoms with Crippen LogP contribution in [-0.4, -0.2) is 4.01 Å². The van der Waals surface area contributed by atoms with Crippen LogP contribution in [0, 0.1) is 0 Å². The molecule has 0 aromatic heterocycles. The van der Waals surface area contributed by atoms with Gasteiger partial charge in [-0.05, 0) is 0 Å². The van der Waals surface area contributed by atoms with Gasteiger partial charge in [0, 0.05) is 0 Å². The molecule has 0 radical (unpaired) electrons. The van der Waals surface area contributed by atoms with Crippen LogP contribution in [0.5, 0.6) is 0 Å². The molecule has 2 rings (SSSR count). The molecule has 0 aliphatic carbocycles. The molecule has 1 nitrogen and oxygen atoms in total. The summed E-state index contributed by atoms with van der Waals surface area (Å²) in [5.41, 5.74) is 4.23. The van der Waals surface area contributed by atoms with Gasteiger partial charge in [0.05, 0.1) is 0 Å². The van der Waals surface area contributed by atoms with Crippen LogP contribution in [0.15, 0.2) is 36.0 Å². The Morgan fingerprint density at radius 2 is 2.06 bits per heavy atom. The summed E-state index contributed by atoms with van der Waals surface area (Å²) < 4.78 is 0.283.